The minimum atomic E-state index is 0.0416. The molecule has 0 amide bonds. The number of fused-ring (bicyclic) bond motifs is 1. The molecule has 0 aliphatic carbocycles. The number of nitrogens with zero attached hydrogens (tertiary/aromatic N) is 2. The molecule has 0 bridgehead atoms. The van der Waals surface area contributed by atoms with Crippen LogP contribution in [0.25, 0.3) is 10.9 Å². The van der Waals surface area contributed by atoms with Crippen molar-refractivity contribution >= 4 is 16.6 Å². The Labute approximate surface area is 106 Å². The maximum absolute atomic E-state index is 11.7. The van der Waals surface area contributed by atoms with Gasteiger partial charge in [0.15, 0.2) is 0 Å². The van der Waals surface area contributed by atoms with Crippen molar-refractivity contribution in [2.45, 2.75) is 0 Å². The van der Waals surface area contributed by atoms with Crippen LogP contribution >= 0.6 is 0 Å². The molecule has 1 aliphatic heterocycles. The first-order valence-electron chi connectivity index (χ1n) is 6.31. The summed E-state index contributed by atoms with van der Waals surface area (Å²) in [4.78, 5) is 14.0. The molecule has 1 aromatic heterocycles. The lowest BCUT2D eigenvalue weighted by Crippen LogP contribution is -2.43. The average Bonchev–Trinajstić information content (AvgIpc) is 2.44. The molecule has 1 fully saturated rings. The Kier molecular flexibility index (Phi) is 2.80. The zero-order valence-electron chi connectivity index (χ0n) is 10.5. The van der Waals surface area contributed by atoms with Gasteiger partial charge in [-0.15, -0.1) is 0 Å². The Morgan fingerprint density at radius 3 is 2.61 bits per heavy atom. The van der Waals surface area contributed by atoms with Gasteiger partial charge in [0.2, 0.25) is 0 Å². The van der Waals surface area contributed by atoms with E-state index < -0.39 is 0 Å². The van der Waals surface area contributed by atoms with E-state index in [2.05, 4.69) is 28.4 Å². The number of anilines is 1. The Morgan fingerprint density at radius 1 is 1.11 bits per heavy atom. The molecule has 1 aromatic carbocycles. The van der Waals surface area contributed by atoms with Crippen molar-refractivity contribution in [1.82, 2.24) is 9.88 Å². The van der Waals surface area contributed by atoms with Crippen molar-refractivity contribution in [3.8, 4) is 0 Å². The highest BCUT2D eigenvalue weighted by atomic mass is 16.1. The molecule has 0 atom stereocenters. The molecule has 2 aromatic rings. The number of nitrogens with one attached hydrogen (secondary N) is 1. The van der Waals surface area contributed by atoms with Gasteiger partial charge in [0.25, 0.3) is 5.56 Å². The second-order valence-electron chi connectivity index (χ2n) is 4.71. The van der Waals surface area contributed by atoms with Crippen LogP contribution < -0.4 is 15.8 Å². The van der Waals surface area contributed by atoms with Crippen LogP contribution in [0.3, 0.4) is 0 Å². The molecule has 1 N–H and O–H groups in total. The predicted molar refractivity (Wildman–Crippen MR) is 74.3 cm³/mol. The van der Waals surface area contributed by atoms with Crippen molar-refractivity contribution in [3.05, 3.63) is 40.7 Å². The molecule has 1 saturated heterocycles. The average molecular weight is 243 g/mol. The van der Waals surface area contributed by atoms with Crippen molar-refractivity contribution in [2.24, 2.45) is 7.05 Å². The smallest absolute Gasteiger partial charge is 0.250 e. The topological polar surface area (TPSA) is 37.3 Å². The molecule has 0 saturated carbocycles. The lowest BCUT2D eigenvalue weighted by molar-refractivity contribution is 0.589. The molecule has 0 spiro atoms. The third-order valence-corrected chi connectivity index (χ3v) is 3.59. The molecule has 94 valence electrons. The summed E-state index contributed by atoms with van der Waals surface area (Å²) in [5, 5.41) is 4.45. The normalized spacial score (nSPS) is 16.2. The SMILES string of the molecule is Cn1c(=O)ccc2ccc(N3CCNCC3)cc21. The van der Waals surface area contributed by atoms with E-state index in [9.17, 15) is 4.79 Å². The van der Waals surface area contributed by atoms with Gasteiger partial charge in [-0.2, -0.15) is 0 Å². The van der Waals surface area contributed by atoms with E-state index in [1.54, 1.807) is 10.6 Å². The van der Waals surface area contributed by atoms with Gasteiger partial charge < -0.3 is 14.8 Å². The van der Waals surface area contributed by atoms with Gasteiger partial charge in [-0.1, -0.05) is 6.07 Å². The monoisotopic (exact) mass is 243 g/mol. The van der Waals surface area contributed by atoms with Crippen molar-refractivity contribution in [1.29, 1.82) is 0 Å². The summed E-state index contributed by atoms with van der Waals surface area (Å²) >= 11 is 0. The highest BCUT2D eigenvalue weighted by Gasteiger charge is 2.11. The van der Waals surface area contributed by atoms with Crippen molar-refractivity contribution in [3.63, 3.8) is 0 Å². The number of benzene rings is 1. The van der Waals surface area contributed by atoms with Gasteiger partial charge in [-0.3, -0.25) is 4.79 Å². The highest BCUT2D eigenvalue weighted by molar-refractivity contribution is 5.82. The highest BCUT2D eigenvalue weighted by Crippen LogP contribution is 2.21. The van der Waals surface area contributed by atoms with Crippen LogP contribution in [0.5, 0.6) is 0 Å². The first-order chi connectivity index (χ1) is 8.75. The first-order valence-corrected chi connectivity index (χ1v) is 6.31. The second kappa shape index (κ2) is 4.46. The summed E-state index contributed by atoms with van der Waals surface area (Å²) in [5.41, 5.74) is 2.24. The summed E-state index contributed by atoms with van der Waals surface area (Å²) in [6.45, 7) is 4.08. The van der Waals surface area contributed by atoms with Gasteiger partial charge in [0, 0.05) is 45.0 Å². The third-order valence-electron chi connectivity index (χ3n) is 3.59. The molecule has 1 aliphatic rings. The van der Waals surface area contributed by atoms with Crippen LogP contribution in [0.15, 0.2) is 35.1 Å². The van der Waals surface area contributed by atoms with Crippen molar-refractivity contribution in [2.75, 3.05) is 31.1 Å². The largest absolute Gasteiger partial charge is 0.369 e. The van der Waals surface area contributed by atoms with E-state index in [-0.39, 0.29) is 5.56 Å². The van der Waals surface area contributed by atoms with Crippen molar-refractivity contribution < 1.29 is 0 Å². The predicted octanol–water partition coefficient (Wildman–Crippen LogP) is 0.948. The molecule has 2 heterocycles. The Balaban J connectivity index is 2.09. The quantitative estimate of drug-likeness (QED) is 0.810. The fourth-order valence-corrected chi connectivity index (χ4v) is 2.47. The summed E-state index contributed by atoms with van der Waals surface area (Å²) < 4.78 is 1.71. The summed E-state index contributed by atoms with van der Waals surface area (Å²) in [5.74, 6) is 0. The van der Waals surface area contributed by atoms with Gasteiger partial charge in [0.05, 0.1) is 5.52 Å². The molecule has 4 heteroatoms. The van der Waals surface area contributed by atoms with E-state index in [1.807, 2.05) is 13.1 Å². The van der Waals surface area contributed by atoms with Crippen LogP contribution in [-0.2, 0) is 7.05 Å². The molecule has 4 nitrogen and oxygen atoms in total. The fraction of sp³-hybridized carbons (Fsp3) is 0.357. The van der Waals surface area contributed by atoms with Gasteiger partial charge in [-0.25, -0.2) is 0 Å². The Bertz CT molecular complexity index is 626. The summed E-state index contributed by atoms with van der Waals surface area (Å²) in [7, 11) is 1.83. The van der Waals surface area contributed by atoms with E-state index >= 15 is 0 Å². The number of pyridine rings is 1. The van der Waals surface area contributed by atoms with Crippen LogP contribution in [0.2, 0.25) is 0 Å². The molecule has 0 radical (unpaired) electrons. The van der Waals surface area contributed by atoms with Crippen LogP contribution in [0, 0.1) is 0 Å². The maximum Gasteiger partial charge on any atom is 0.250 e. The number of piperazine rings is 1. The number of hydrogen-bond donors (Lipinski definition) is 1. The lowest BCUT2D eigenvalue weighted by Gasteiger charge is -2.29. The van der Waals surface area contributed by atoms with E-state index in [4.69, 9.17) is 0 Å². The fourth-order valence-electron chi connectivity index (χ4n) is 2.47. The molecular formula is C14H17N3O. The zero-order valence-corrected chi connectivity index (χ0v) is 10.5. The van der Waals surface area contributed by atoms with Gasteiger partial charge >= 0.3 is 0 Å². The van der Waals surface area contributed by atoms with E-state index in [0.717, 1.165) is 37.1 Å². The number of aryl methyl sites for hydroxylation is 1. The Hall–Kier alpha value is -1.81. The molecule has 0 unspecified atom stereocenters. The van der Waals surface area contributed by atoms with Crippen LogP contribution in [-0.4, -0.2) is 30.7 Å². The molecule has 18 heavy (non-hydrogen) atoms. The number of aromatic nitrogens is 1. The van der Waals surface area contributed by atoms with Crippen LogP contribution in [0.1, 0.15) is 0 Å². The third kappa shape index (κ3) is 1.88. The van der Waals surface area contributed by atoms with E-state index in [0.29, 0.717) is 0 Å². The summed E-state index contributed by atoms with van der Waals surface area (Å²) in [6, 6.07) is 9.85. The molecular weight excluding hydrogens is 226 g/mol. The lowest BCUT2D eigenvalue weighted by atomic mass is 10.1. The summed E-state index contributed by atoms with van der Waals surface area (Å²) in [6.07, 6.45) is 0. The van der Waals surface area contributed by atoms with Gasteiger partial charge in [-0.05, 0) is 23.6 Å². The van der Waals surface area contributed by atoms with Crippen LogP contribution in [0.4, 0.5) is 5.69 Å². The molecule has 3 rings (SSSR count). The number of hydrogen-bond acceptors (Lipinski definition) is 3. The van der Waals surface area contributed by atoms with E-state index in [1.165, 1.54) is 5.69 Å². The Morgan fingerprint density at radius 2 is 1.83 bits per heavy atom. The second-order valence-corrected chi connectivity index (χ2v) is 4.71. The first kappa shape index (κ1) is 11.3. The standard InChI is InChI=1S/C14H17N3O/c1-16-13-10-12(17-8-6-15-7-9-17)4-2-11(13)3-5-14(16)18/h2-5,10,15H,6-9H2,1H3. The minimum absolute atomic E-state index is 0.0416. The van der Waals surface area contributed by atoms with Gasteiger partial charge in [0.1, 0.15) is 0 Å². The number of rotatable bonds is 1. The zero-order chi connectivity index (χ0) is 12.5. The maximum atomic E-state index is 11.7. The minimum Gasteiger partial charge on any atom is -0.369 e.